The first-order valence-corrected chi connectivity index (χ1v) is 8.54. The quantitative estimate of drug-likeness (QED) is 0.643. The fourth-order valence-electron chi connectivity index (χ4n) is 2.67. The Labute approximate surface area is 163 Å². The molecule has 0 fully saturated rings. The van der Waals surface area contributed by atoms with Crippen molar-refractivity contribution in [2.24, 2.45) is 0 Å². The van der Waals surface area contributed by atoms with Crippen molar-refractivity contribution in [2.75, 3.05) is 32.0 Å². The Morgan fingerprint density at radius 3 is 2.11 bits per heavy atom. The SMILES string of the molecule is COc1cc(NC(=O)c2cc(Nc3ccccc3)ccn2)cc(OC)c1OC. The van der Waals surface area contributed by atoms with E-state index in [-0.39, 0.29) is 11.6 Å². The lowest BCUT2D eigenvalue weighted by Crippen LogP contribution is -2.14. The zero-order valence-corrected chi connectivity index (χ0v) is 15.9. The van der Waals surface area contributed by atoms with Crippen molar-refractivity contribution in [2.45, 2.75) is 0 Å². The summed E-state index contributed by atoms with van der Waals surface area (Å²) < 4.78 is 15.9. The number of amides is 1. The van der Waals surface area contributed by atoms with Crippen LogP contribution < -0.4 is 24.8 Å². The summed E-state index contributed by atoms with van der Waals surface area (Å²) in [6.07, 6.45) is 1.58. The minimum Gasteiger partial charge on any atom is -0.493 e. The Hall–Kier alpha value is -3.74. The van der Waals surface area contributed by atoms with Gasteiger partial charge in [0, 0.05) is 35.4 Å². The predicted molar refractivity (Wildman–Crippen MR) is 108 cm³/mol. The fraction of sp³-hybridized carbons (Fsp3) is 0.143. The van der Waals surface area contributed by atoms with Crippen molar-refractivity contribution >= 4 is 23.0 Å². The third-order valence-corrected chi connectivity index (χ3v) is 3.98. The minimum atomic E-state index is -0.356. The molecular weight excluding hydrogens is 358 g/mol. The molecule has 0 saturated heterocycles. The molecule has 0 spiro atoms. The van der Waals surface area contributed by atoms with Gasteiger partial charge in [0.2, 0.25) is 5.75 Å². The Morgan fingerprint density at radius 1 is 0.821 bits per heavy atom. The number of hydrogen-bond donors (Lipinski definition) is 2. The number of anilines is 3. The molecule has 0 radical (unpaired) electrons. The Balaban J connectivity index is 1.81. The number of methoxy groups -OCH3 is 3. The second-order valence-electron chi connectivity index (χ2n) is 5.79. The molecule has 0 unspecified atom stereocenters. The summed E-state index contributed by atoms with van der Waals surface area (Å²) in [5.74, 6) is 0.996. The summed E-state index contributed by atoms with van der Waals surface area (Å²) in [4.78, 5) is 16.8. The number of benzene rings is 2. The van der Waals surface area contributed by atoms with E-state index in [1.807, 2.05) is 30.3 Å². The van der Waals surface area contributed by atoms with Gasteiger partial charge < -0.3 is 24.8 Å². The number of carbonyl (C=O) groups excluding carboxylic acids is 1. The molecule has 3 rings (SSSR count). The van der Waals surface area contributed by atoms with Gasteiger partial charge in [-0.25, -0.2) is 0 Å². The fourth-order valence-corrected chi connectivity index (χ4v) is 2.67. The molecule has 0 saturated carbocycles. The smallest absolute Gasteiger partial charge is 0.274 e. The summed E-state index contributed by atoms with van der Waals surface area (Å²) in [5, 5.41) is 6.04. The van der Waals surface area contributed by atoms with Crippen LogP contribution in [-0.4, -0.2) is 32.2 Å². The maximum absolute atomic E-state index is 12.7. The predicted octanol–water partition coefficient (Wildman–Crippen LogP) is 4.10. The molecule has 1 heterocycles. The van der Waals surface area contributed by atoms with Gasteiger partial charge in [-0.15, -0.1) is 0 Å². The lowest BCUT2D eigenvalue weighted by atomic mass is 10.2. The van der Waals surface area contributed by atoms with E-state index in [4.69, 9.17) is 14.2 Å². The van der Waals surface area contributed by atoms with Gasteiger partial charge in [0.25, 0.3) is 5.91 Å². The number of rotatable bonds is 7. The number of ether oxygens (including phenoxy) is 3. The van der Waals surface area contributed by atoms with Crippen molar-refractivity contribution in [3.05, 3.63) is 66.5 Å². The highest BCUT2D eigenvalue weighted by Crippen LogP contribution is 2.40. The molecule has 2 aromatic carbocycles. The number of para-hydroxylation sites is 1. The van der Waals surface area contributed by atoms with Gasteiger partial charge in [0.05, 0.1) is 21.3 Å². The number of aromatic nitrogens is 1. The Bertz CT molecular complexity index is 936. The Morgan fingerprint density at radius 2 is 1.50 bits per heavy atom. The maximum atomic E-state index is 12.7. The first-order valence-electron chi connectivity index (χ1n) is 8.54. The third-order valence-electron chi connectivity index (χ3n) is 3.98. The summed E-state index contributed by atoms with van der Waals surface area (Å²) in [7, 11) is 4.56. The van der Waals surface area contributed by atoms with Crippen LogP contribution in [-0.2, 0) is 0 Å². The number of hydrogen-bond acceptors (Lipinski definition) is 6. The van der Waals surface area contributed by atoms with Crippen LogP contribution in [0.25, 0.3) is 0 Å². The monoisotopic (exact) mass is 379 g/mol. The summed E-state index contributed by atoms with van der Waals surface area (Å²) in [6, 6.07) is 16.5. The van der Waals surface area contributed by atoms with E-state index >= 15 is 0 Å². The van der Waals surface area contributed by atoms with Gasteiger partial charge in [-0.3, -0.25) is 9.78 Å². The molecule has 28 heavy (non-hydrogen) atoms. The van der Waals surface area contributed by atoms with Crippen LogP contribution in [0.5, 0.6) is 17.2 Å². The molecule has 1 aromatic heterocycles. The largest absolute Gasteiger partial charge is 0.493 e. The van der Waals surface area contributed by atoms with E-state index in [9.17, 15) is 4.79 Å². The van der Waals surface area contributed by atoms with Crippen molar-refractivity contribution in [1.82, 2.24) is 4.98 Å². The molecule has 2 N–H and O–H groups in total. The lowest BCUT2D eigenvalue weighted by molar-refractivity contribution is 0.102. The average molecular weight is 379 g/mol. The van der Waals surface area contributed by atoms with Gasteiger partial charge in [0.1, 0.15) is 5.69 Å². The van der Waals surface area contributed by atoms with Crippen LogP contribution in [0.1, 0.15) is 10.5 Å². The van der Waals surface area contributed by atoms with Crippen molar-refractivity contribution in [3.63, 3.8) is 0 Å². The molecule has 0 aliphatic carbocycles. The van der Waals surface area contributed by atoms with Crippen LogP contribution in [0.4, 0.5) is 17.1 Å². The number of nitrogens with zero attached hydrogens (tertiary/aromatic N) is 1. The van der Waals surface area contributed by atoms with E-state index in [0.29, 0.717) is 22.9 Å². The third kappa shape index (κ3) is 4.32. The van der Waals surface area contributed by atoms with Gasteiger partial charge in [-0.2, -0.15) is 0 Å². The molecule has 0 atom stereocenters. The molecule has 0 aliphatic heterocycles. The molecule has 1 amide bonds. The van der Waals surface area contributed by atoms with E-state index in [0.717, 1.165) is 11.4 Å². The number of pyridine rings is 1. The van der Waals surface area contributed by atoms with E-state index in [1.54, 1.807) is 30.5 Å². The molecule has 0 aliphatic rings. The lowest BCUT2D eigenvalue weighted by Gasteiger charge is -2.14. The van der Waals surface area contributed by atoms with Crippen LogP contribution in [0, 0.1) is 0 Å². The molecule has 7 heteroatoms. The standard InChI is InChI=1S/C21H21N3O4/c1-26-18-12-16(13-19(27-2)20(18)28-3)24-21(25)17-11-15(9-10-22-17)23-14-7-5-4-6-8-14/h4-13H,1-3H3,(H,22,23)(H,24,25). The average Bonchev–Trinajstić information content (AvgIpc) is 2.73. The summed E-state index contributed by atoms with van der Waals surface area (Å²) in [6.45, 7) is 0. The first kappa shape index (κ1) is 19.0. The van der Waals surface area contributed by atoms with Crippen LogP contribution >= 0.6 is 0 Å². The molecule has 0 bridgehead atoms. The van der Waals surface area contributed by atoms with E-state index < -0.39 is 0 Å². The van der Waals surface area contributed by atoms with Gasteiger partial charge >= 0.3 is 0 Å². The van der Waals surface area contributed by atoms with Crippen LogP contribution in [0.15, 0.2) is 60.8 Å². The highest BCUT2D eigenvalue weighted by Gasteiger charge is 2.16. The van der Waals surface area contributed by atoms with Crippen LogP contribution in [0.3, 0.4) is 0 Å². The first-order chi connectivity index (χ1) is 13.6. The second-order valence-corrected chi connectivity index (χ2v) is 5.79. The molecule has 144 valence electrons. The van der Waals surface area contributed by atoms with Crippen molar-refractivity contribution in [3.8, 4) is 17.2 Å². The number of carbonyl (C=O) groups is 1. The summed E-state index contributed by atoms with van der Waals surface area (Å²) >= 11 is 0. The molecular formula is C21H21N3O4. The zero-order valence-electron chi connectivity index (χ0n) is 15.9. The van der Waals surface area contributed by atoms with Gasteiger partial charge in [-0.1, -0.05) is 18.2 Å². The highest BCUT2D eigenvalue weighted by molar-refractivity contribution is 6.03. The topological polar surface area (TPSA) is 81.7 Å². The molecule has 7 nitrogen and oxygen atoms in total. The normalized spacial score (nSPS) is 10.1. The van der Waals surface area contributed by atoms with E-state index in [2.05, 4.69) is 15.6 Å². The van der Waals surface area contributed by atoms with Gasteiger partial charge in [0.15, 0.2) is 11.5 Å². The maximum Gasteiger partial charge on any atom is 0.274 e. The van der Waals surface area contributed by atoms with Crippen LogP contribution in [0.2, 0.25) is 0 Å². The summed E-state index contributed by atoms with van der Waals surface area (Å²) in [5.41, 5.74) is 2.46. The number of nitrogens with one attached hydrogen (secondary N) is 2. The highest BCUT2D eigenvalue weighted by atomic mass is 16.5. The molecule has 3 aromatic rings. The minimum absolute atomic E-state index is 0.273. The second kappa shape index (κ2) is 8.77. The Kier molecular flexibility index (Phi) is 5.96. The van der Waals surface area contributed by atoms with Gasteiger partial charge in [-0.05, 0) is 24.3 Å². The van der Waals surface area contributed by atoms with Crippen molar-refractivity contribution in [1.29, 1.82) is 0 Å². The van der Waals surface area contributed by atoms with E-state index in [1.165, 1.54) is 21.3 Å². The van der Waals surface area contributed by atoms with Crippen molar-refractivity contribution < 1.29 is 19.0 Å². The zero-order chi connectivity index (χ0) is 19.9.